The van der Waals surface area contributed by atoms with Gasteiger partial charge in [-0.2, -0.15) is 5.10 Å². The Morgan fingerprint density at radius 2 is 2.10 bits per heavy atom. The monoisotopic (exact) mass is 275 g/mol. The standard InChI is InChI=1S/C16H22FN3/c1-4-9-18-12(3)13-6-7-15(17)14(11-13)16-8-10-19-20(16)5-2/h6-8,10-12,18H,4-5,9H2,1-3H3. The second-order valence-electron chi connectivity index (χ2n) is 4.95. The van der Waals surface area contributed by atoms with Crippen molar-refractivity contribution < 1.29 is 4.39 Å². The van der Waals surface area contributed by atoms with E-state index in [-0.39, 0.29) is 11.9 Å². The molecule has 0 aliphatic heterocycles. The van der Waals surface area contributed by atoms with Crippen molar-refractivity contribution in [3.63, 3.8) is 0 Å². The van der Waals surface area contributed by atoms with Crippen molar-refractivity contribution in [1.82, 2.24) is 15.1 Å². The second kappa shape index (κ2) is 6.66. The van der Waals surface area contributed by atoms with E-state index in [2.05, 4.69) is 24.3 Å². The summed E-state index contributed by atoms with van der Waals surface area (Å²) >= 11 is 0. The molecule has 1 N–H and O–H groups in total. The van der Waals surface area contributed by atoms with Crippen LogP contribution in [-0.2, 0) is 6.54 Å². The van der Waals surface area contributed by atoms with Crippen LogP contribution in [0.4, 0.5) is 4.39 Å². The lowest BCUT2D eigenvalue weighted by Gasteiger charge is -2.15. The first-order valence-electron chi connectivity index (χ1n) is 7.22. The Hall–Kier alpha value is -1.68. The maximum absolute atomic E-state index is 14.1. The lowest BCUT2D eigenvalue weighted by Crippen LogP contribution is -2.19. The molecule has 1 unspecified atom stereocenters. The third-order valence-electron chi connectivity index (χ3n) is 3.48. The van der Waals surface area contributed by atoms with E-state index in [1.807, 2.05) is 29.8 Å². The van der Waals surface area contributed by atoms with Gasteiger partial charge in [-0.05, 0) is 50.6 Å². The van der Waals surface area contributed by atoms with Crippen LogP contribution in [0.5, 0.6) is 0 Å². The Balaban J connectivity index is 2.34. The van der Waals surface area contributed by atoms with E-state index >= 15 is 0 Å². The number of benzene rings is 1. The number of hydrogen-bond donors (Lipinski definition) is 1. The smallest absolute Gasteiger partial charge is 0.132 e. The summed E-state index contributed by atoms with van der Waals surface area (Å²) in [5, 5.41) is 7.63. The molecule has 0 saturated carbocycles. The van der Waals surface area contributed by atoms with Crippen LogP contribution >= 0.6 is 0 Å². The van der Waals surface area contributed by atoms with Gasteiger partial charge < -0.3 is 5.32 Å². The SMILES string of the molecule is CCCNC(C)c1ccc(F)c(-c2ccnn2CC)c1. The molecule has 1 aromatic heterocycles. The summed E-state index contributed by atoms with van der Waals surface area (Å²) in [4.78, 5) is 0. The minimum absolute atomic E-state index is 0.202. The molecule has 2 rings (SSSR count). The van der Waals surface area contributed by atoms with Gasteiger partial charge in [0.25, 0.3) is 0 Å². The van der Waals surface area contributed by atoms with Crippen molar-refractivity contribution in [3.8, 4) is 11.3 Å². The van der Waals surface area contributed by atoms with Crippen LogP contribution in [0.15, 0.2) is 30.5 Å². The fraction of sp³-hybridized carbons (Fsp3) is 0.438. The number of hydrogen-bond acceptors (Lipinski definition) is 2. The van der Waals surface area contributed by atoms with Gasteiger partial charge >= 0.3 is 0 Å². The molecule has 1 heterocycles. The highest BCUT2D eigenvalue weighted by molar-refractivity contribution is 5.61. The number of aryl methyl sites for hydroxylation is 1. The highest BCUT2D eigenvalue weighted by Gasteiger charge is 2.13. The average Bonchev–Trinajstić information content (AvgIpc) is 2.93. The van der Waals surface area contributed by atoms with Crippen LogP contribution in [0.3, 0.4) is 0 Å². The Bertz CT molecular complexity index is 563. The molecular weight excluding hydrogens is 253 g/mol. The van der Waals surface area contributed by atoms with Gasteiger partial charge in [0.15, 0.2) is 0 Å². The zero-order chi connectivity index (χ0) is 14.5. The third kappa shape index (κ3) is 3.07. The minimum Gasteiger partial charge on any atom is -0.310 e. The maximum atomic E-state index is 14.1. The van der Waals surface area contributed by atoms with Crippen LogP contribution in [0.25, 0.3) is 11.3 Å². The van der Waals surface area contributed by atoms with E-state index < -0.39 is 0 Å². The summed E-state index contributed by atoms with van der Waals surface area (Å²) in [6, 6.07) is 7.38. The fourth-order valence-corrected chi connectivity index (χ4v) is 2.30. The first-order chi connectivity index (χ1) is 9.67. The molecular formula is C16H22FN3. The van der Waals surface area contributed by atoms with Gasteiger partial charge in [0.1, 0.15) is 5.82 Å². The molecule has 0 radical (unpaired) electrons. The summed E-state index contributed by atoms with van der Waals surface area (Å²) in [6.07, 6.45) is 2.80. The Morgan fingerprint density at radius 1 is 1.30 bits per heavy atom. The lowest BCUT2D eigenvalue weighted by atomic mass is 10.0. The first-order valence-corrected chi connectivity index (χ1v) is 7.22. The Morgan fingerprint density at radius 3 is 2.80 bits per heavy atom. The average molecular weight is 275 g/mol. The van der Waals surface area contributed by atoms with Crippen LogP contribution in [0.1, 0.15) is 38.8 Å². The number of halogens is 1. The van der Waals surface area contributed by atoms with Crippen molar-refractivity contribution in [3.05, 3.63) is 41.8 Å². The molecule has 3 nitrogen and oxygen atoms in total. The molecule has 2 aromatic rings. The number of nitrogens with zero attached hydrogens (tertiary/aromatic N) is 2. The number of rotatable bonds is 6. The maximum Gasteiger partial charge on any atom is 0.132 e. The van der Waals surface area contributed by atoms with Gasteiger partial charge in [0, 0.05) is 24.3 Å². The molecule has 1 atom stereocenters. The normalized spacial score (nSPS) is 12.6. The highest BCUT2D eigenvalue weighted by Crippen LogP contribution is 2.26. The van der Waals surface area contributed by atoms with Gasteiger partial charge in [0.2, 0.25) is 0 Å². The molecule has 0 fully saturated rings. The van der Waals surface area contributed by atoms with E-state index in [0.717, 1.165) is 30.8 Å². The van der Waals surface area contributed by atoms with Crippen molar-refractivity contribution >= 4 is 0 Å². The van der Waals surface area contributed by atoms with Crippen molar-refractivity contribution in [2.75, 3.05) is 6.54 Å². The van der Waals surface area contributed by atoms with Crippen LogP contribution in [0, 0.1) is 5.82 Å². The van der Waals surface area contributed by atoms with Gasteiger partial charge in [-0.1, -0.05) is 13.0 Å². The predicted octanol–water partition coefficient (Wildman–Crippen LogP) is 3.77. The van der Waals surface area contributed by atoms with Crippen LogP contribution in [0.2, 0.25) is 0 Å². The molecule has 0 spiro atoms. The van der Waals surface area contributed by atoms with Gasteiger partial charge in [0.05, 0.1) is 5.69 Å². The first kappa shape index (κ1) is 14.7. The van der Waals surface area contributed by atoms with Crippen molar-refractivity contribution in [2.45, 2.75) is 39.8 Å². The Labute approximate surface area is 119 Å². The molecule has 4 heteroatoms. The molecule has 0 aliphatic carbocycles. The molecule has 1 aromatic carbocycles. The third-order valence-corrected chi connectivity index (χ3v) is 3.48. The van der Waals surface area contributed by atoms with E-state index in [4.69, 9.17) is 0 Å². The lowest BCUT2D eigenvalue weighted by molar-refractivity contribution is 0.567. The van der Waals surface area contributed by atoms with Gasteiger partial charge in [-0.15, -0.1) is 0 Å². The van der Waals surface area contributed by atoms with Crippen molar-refractivity contribution in [1.29, 1.82) is 0 Å². The molecule has 20 heavy (non-hydrogen) atoms. The fourth-order valence-electron chi connectivity index (χ4n) is 2.30. The van der Waals surface area contributed by atoms with E-state index in [1.54, 1.807) is 12.3 Å². The van der Waals surface area contributed by atoms with E-state index in [9.17, 15) is 4.39 Å². The van der Waals surface area contributed by atoms with E-state index in [1.165, 1.54) is 0 Å². The number of nitrogens with one attached hydrogen (secondary N) is 1. The minimum atomic E-state index is -0.202. The number of aromatic nitrogens is 2. The van der Waals surface area contributed by atoms with E-state index in [0.29, 0.717) is 5.56 Å². The summed E-state index contributed by atoms with van der Waals surface area (Å²) < 4.78 is 15.9. The topological polar surface area (TPSA) is 29.9 Å². The molecule has 0 aliphatic rings. The summed E-state index contributed by atoms with van der Waals surface area (Å²) in [6.45, 7) is 7.93. The van der Waals surface area contributed by atoms with Crippen molar-refractivity contribution in [2.24, 2.45) is 0 Å². The summed E-state index contributed by atoms with van der Waals surface area (Å²) in [7, 11) is 0. The largest absolute Gasteiger partial charge is 0.310 e. The highest BCUT2D eigenvalue weighted by atomic mass is 19.1. The summed E-state index contributed by atoms with van der Waals surface area (Å²) in [5.41, 5.74) is 2.54. The molecule has 108 valence electrons. The zero-order valence-corrected chi connectivity index (χ0v) is 12.4. The zero-order valence-electron chi connectivity index (χ0n) is 12.4. The van der Waals surface area contributed by atoms with Gasteiger partial charge in [-0.3, -0.25) is 4.68 Å². The molecule has 0 saturated heterocycles. The second-order valence-corrected chi connectivity index (χ2v) is 4.95. The Kier molecular flexibility index (Phi) is 4.90. The quantitative estimate of drug-likeness (QED) is 0.869. The van der Waals surface area contributed by atoms with Gasteiger partial charge in [-0.25, -0.2) is 4.39 Å². The molecule has 0 bridgehead atoms. The van der Waals surface area contributed by atoms with Crippen LogP contribution < -0.4 is 5.32 Å². The van der Waals surface area contributed by atoms with Crippen LogP contribution in [-0.4, -0.2) is 16.3 Å². The summed E-state index contributed by atoms with van der Waals surface area (Å²) in [5.74, 6) is -0.202. The predicted molar refractivity (Wildman–Crippen MR) is 80.0 cm³/mol. The molecule has 0 amide bonds.